The summed E-state index contributed by atoms with van der Waals surface area (Å²) in [6.45, 7) is 13.1. The fourth-order valence-corrected chi connectivity index (χ4v) is 3.10. The first-order valence-electron chi connectivity index (χ1n) is 9.69. The third-order valence-electron chi connectivity index (χ3n) is 4.80. The number of carbonyl (C=O) groups is 3. The van der Waals surface area contributed by atoms with Gasteiger partial charge in [-0.15, -0.1) is 0 Å². The number of Topliss-reactive ketones (excluding diaryl/α,β-unsaturated/α-hetero) is 1. The second-order valence-corrected chi connectivity index (χ2v) is 8.08. The van der Waals surface area contributed by atoms with E-state index in [1.165, 1.54) is 6.92 Å². The van der Waals surface area contributed by atoms with E-state index in [1.807, 2.05) is 12.1 Å². The predicted molar refractivity (Wildman–Crippen MR) is 111 cm³/mol. The molecule has 1 atom stereocenters. The van der Waals surface area contributed by atoms with Gasteiger partial charge in [-0.25, -0.2) is 9.59 Å². The average Bonchev–Trinajstić information content (AvgIpc) is 2.94. The van der Waals surface area contributed by atoms with Crippen LogP contribution in [-0.2, 0) is 14.9 Å². The van der Waals surface area contributed by atoms with Crippen LogP contribution in [0.25, 0.3) is 0 Å². The molecule has 0 spiro atoms. The van der Waals surface area contributed by atoms with Gasteiger partial charge < -0.3 is 14.5 Å². The minimum Gasteiger partial charge on any atom is -0.462 e. The van der Waals surface area contributed by atoms with Gasteiger partial charge in [0.1, 0.15) is 0 Å². The molecule has 156 valence electrons. The van der Waals surface area contributed by atoms with E-state index in [1.54, 1.807) is 32.9 Å². The summed E-state index contributed by atoms with van der Waals surface area (Å²) >= 11 is 0. The molecule has 1 aromatic heterocycles. The zero-order chi connectivity index (χ0) is 21.9. The molecule has 0 saturated heterocycles. The summed E-state index contributed by atoms with van der Waals surface area (Å²) in [5, 5.41) is 0. The SMILES string of the molecule is CCOC(=O)c1c(C)[nH]c(C(=O)[C@H](C)OC(=O)c2ccc(C(C)(C)C)cc2)c1C. The van der Waals surface area contributed by atoms with Crippen LogP contribution in [-0.4, -0.2) is 35.4 Å². The highest BCUT2D eigenvalue weighted by atomic mass is 16.5. The molecule has 0 aliphatic carbocycles. The van der Waals surface area contributed by atoms with E-state index < -0.39 is 23.8 Å². The van der Waals surface area contributed by atoms with Gasteiger partial charge in [0.2, 0.25) is 5.78 Å². The van der Waals surface area contributed by atoms with Crippen molar-refractivity contribution in [2.45, 2.75) is 60.0 Å². The summed E-state index contributed by atoms with van der Waals surface area (Å²) in [5.74, 6) is -1.46. The maximum Gasteiger partial charge on any atom is 0.340 e. The van der Waals surface area contributed by atoms with Crippen LogP contribution < -0.4 is 0 Å². The molecule has 0 bridgehead atoms. The molecule has 0 aliphatic rings. The molecule has 0 radical (unpaired) electrons. The molecule has 1 heterocycles. The van der Waals surface area contributed by atoms with Crippen LogP contribution in [0.2, 0.25) is 0 Å². The number of nitrogens with one attached hydrogen (secondary N) is 1. The minimum absolute atomic E-state index is 0.0225. The lowest BCUT2D eigenvalue weighted by molar-refractivity contribution is 0.0316. The van der Waals surface area contributed by atoms with Crippen LogP contribution in [0.1, 0.15) is 82.6 Å². The van der Waals surface area contributed by atoms with Gasteiger partial charge in [-0.2, -0.15) is 0 Å². The van der Waals surface area contributed by atoms with E-state index >= 15 is 0 Å². The first-order chi connectivity index (χ1) is 13.5. The molecule has 29 heavy (non-hydrogen) atoms. The number of benzene rings is 1. The normalized spacial score (nSPS) is 12.4. The lowest BCUT2D eigenvalue weighted by atomic mass is 9.87. The Morgan fingerprint density at radius 1 is 1.03 bits per heavy atom. The maximum atomic E-state index is 12.8. The van der Waals surface area contributed by atoms with Crippen LogP contribution in [0.15, 0.2) is 24.3 Å². The maximum absolute atomic E-state index is 12.8. The van der Waals surface area contributed by atoms with Crippen molar-refractivity contribution in [1.29, 1.82) is 0 Å². The van der Waals surface area contributed by atoms with Crippen molar-refractivity contribution in [2.24, 2.45) is 0 Å². The number of ketones is 1. The Hall–Kier alpha value is -2.89. The van der Waals surface area contributed by atoms with Gasteiger partial charge in [-0.3, -0.25) is 4.79 Å². The molecule has 2 aromatic rings. The van der Waals surface area contributed by atoms with E-state index in [0.717, 1.165) is 5.56 Å². The zero-order valence-electron chi connectivity index (χ0n) is 18.1. The Bertz CT molecular complexity index is 916. The number of hydrogen-bond donors (Lipinski definition) is 1. The van der Waals surface area contributed by atoms with E-state index in [4.69, 9.17) is 9.47 Å². The molecular formula is C23H29NO5. The van der Waals surface area contributed by atoms with Crippen LogP contribution in [0.5, 0.6) is 0 Å². The number of aryl methyl sites for hydroxylation is 1. The topological polar surface area (TPSA) is 85.5 Å². The molecule has 1 aromatic carbocycles. The monoisotopic (exact) mass is 399 g/mol. The number of rotatable bonds is 6. The highest BCUT2D eigenvalue weighted by Crippen LogP contribution is 2.23. The number of aromatic nitrogens is 1. The van der Waals surface area contributed by atoms with Crippen LogP contribution in [0, 0.1) is 13.8 Å². The second kappa shape index (κ2) is 8.64. The van der Waals surface area contributed by atoms with Gasteiger partial charge in [0.15, 0.2) is 6.10 Å². The van der Waals surface area contributed by atoms with Gasteiger partial charge in [0.25, 0.3) is 0 Å². The molecule has 2 rings (SSSR count). The fraction of sp³-hybridized carbons (Fsp3) is 0.435. The van der Waals surface area contributed by atoms with Gasteiger partial charge >= 0.3 is 11.9 Å². The Kier molecular flexibility index (Phi) is 6.67. The molecule has 0 aliphatic heterocycles. The summed E-state index contributed by atoms with van der Waals surface area (Å²) in [6, 6.07) is 7.16. The number of H-pyrrole nitrogens is 1. The fourth-order valence-electron chi connectivity index (χ4n) is 3.10. The summed E-state index contributed by atoms with van der Waals surface area (Å²) in [4.78, 5) is 40.3. The molecule has 0 amide bonds. The highest BCUT2D eigenvalue weighted by Gasteiger charge is 2.28. The summed E-state index contributed by atoms with van der Waals surface area (Å²) in [7, 11) is 0. The van der Waals surface area contributed by atoms with Crippen molar-refractivity contribution in [3.63, 3.8) is 0 Å². The van der Waals surface area contributed by atoms with Gasteiger partial charge in [-0.1, -0.05) is 32.9 Å². The highest BCUT2D eigenvalue weighted by molar-refractivity contribution is 6.04. The average molecular weight is 399 g/mol. The predicted octanol–water partition coefficient (Wildman–Crippen LogP) is 4.53. The first kappa shape index (κ1) is 22.4. The Morgan fingerprint density at radius 2 is 1.62 bits per heavy atom. The number of hydrogen-bond acceptors (Lipinski definition) is 5. The van der Waals surface area contributed by atoms with Gasteiger partial charge in [0.05, 0.1) is 23.4 Å². The van der Waals surface area contributed by atoms with Crippen LogP contribution in [0.3, 0.4) is 0 Å². The standard InChI is InChI=1S/C23H29NO5/c1-8-28-22(27)18-13(2)19(24-14(18)3)20(25)15(4)29-21(26)16-9-11-17(12-10-16)23(5,6)7/h9-12,15,24H,8H2,1-7H3/t15-/m0/s1. The third kappa shape index (κ3) is 4.94. The quantitative estimate of drug-likeness (QED) is 0.570. The lowest BCUT2D eigenvalue weighted by Crippen LogP contribution is -2.25. The Morgan fingerprint density at radius 3 is 2.14 bits per heavy atom. The van der Waals surface area contributed by atoms with Crippen LogP contribution in [0.4, 0.5) is 0 Å². The van der Waals surface area contributed by atoms with Crippen LogP contribution >= 0.6 is 0 Å². The van der Waals surface area contributed by atoms with Gasteiger partial charge in [-0.05, 0) is 56.4 Å². The van der Waals surface area contributed by atoms with E-state index in [9.17, 15) is 14.4 Å². The second-order valence-electron chi connectivity index (χ2n) is 8.08. The van der Waals surface area contributed by atoms with E-state index in [0.29, 0.717) is 22.4 Å². The third-order valence-corrected chi connectivity index (χ3v) is 4.80. The summed E-state index contributed by atoms with van der Waals surface area (Å²) < 4.78 is 10.4. The largest absolute Gasteiger partial charge is 0.462 e. The van der Waals surface area contributed by atoms with Crippen molar-refractivity contribution in [2.75, 3.05) is 6.61 Å². The molecule has 6 heteroatoms. The van der Waals surface area contributed by atoms with Gasteiger partial charge in [0, 0.05) is 5.69 Å². The van der Waals surface area contributed by atoms with Crippen molar-refractivity contribution in [3.05, 3.63) is 57.9 Å². The van der Waals surface area contributed by atoms with Crippen molar-refractivity contribution < 1.29 is 23.9 Å². The van der Waals surface area contributed by atoms with Crippen molar-refractivity contribution in [1.82, 2.24) is 4.98 Å². The summed E-state index contributed by atoms with van der Waals surface area (Å²) in [5.41, 5.74) is 3.07. The zero-order valence-corrected chi connectivity index (χ0v) is 18.1. The number of carbonyl (C=O) groups excluding carboxylic acids is 3. The lowest BCUT2D eigenvalue weighted by Gasteiger charge is -2.19. The Labute approximate surface area is 171 Å². The molecule has 1 N–H and O–H groups in total. The molecule has 0 fully saturated rings. The molecule has 0 saturated carbocycles. The molecule has 6 nitrogen and oxygen atoms in total. The van der Waals surface area contributed by atoms with Crippen molar-refractivity contribution in [3.8, 4) is 0 Å². The smallest absolute Gasteiger partial charge is 0.340 e. The first-order valence-corrected chi connectivity index (χ1v) is 9.69. The minimum atomic E-state index is -1.00. The van der Waals surface area contributed by atoms with Crippen molar-refractivity contribution >= 4 is 17.7 Å². The molecular weight excluding hydrogens is 370 g/mol. The number of esters is 2. The number of ether oxygens (including phenoxy) is 2. The summed E-state index contributed by atoms with van der Waals surface area (Å²) in [6.07, 6.45) is -1.00. The van der Waals surface area contributed by atoms with E-state index in [-0.39, 0.29) is 17.7 Å². The number of aromatic amines is 1. The van der Waals surface area contributed by atoms with E-state index in [2.05, 4.69) is 25.8 Å². The molecule has 0 unspecified atom stereocenters. The Balaban J connectivity index is 2.16.